The van der Waals surface area contributed by atoms with Gasteiger partial charge >= 0.3 is 0 Å². The Balaban J connectivity index is 2.36. The second-order valence-corrected chi connectivity index (χ2v) is 4.18. The zero-order valence-corrected chi connectivity index (χ0v) is 10.9. The van der Waals surface area contributed by atoms with Crippen LogP contribution in [0.3, 0.4) is 0 Å². The molecule has 1 aromatic carbocycles. The highest BCUT2D eigenvalue weighted by Crippen LogP contribution is 2.20. The monoisotopic (exact) mass is 231 g/mol. The molecule has 1 heterocycles. The summed E-state index contributed by atoms with van der Waals surface area (Å²) in [5.74, 6) is 0.923. The molecule has 1 aromatic heterocycles. The van der Waals surface area contributed by atoms with Crippen molar-refractivity contribution in [3.63, 3.8) is 0 Å². The number of aromatic nitrogens is 2. The lowest BCUT2D eigenvalue weighted by molar-refractivity contribution is -0.741. The van der Waals surface area contributed by atoms with Crippen molar-refractivity contribution in [1.82, 2.24) is 4.68 Å². The molecule has 0 aliphatic carbocycles. The highest BCUT2D eigenvalue weighted by molar-refractivity contribution is 5.57. The minimum Gasteiger partial charge on any atom is -0.494 e. The lowest BCUT2D eigenvalue weighted by Gasteiger charge is -2.02. The Hall–Kier alpha value is -1.77. The van der Waals surface area contributed by atoms with Crippen molar-refractivity contribution in [3.05, 3.63) is 36.0 Å². The summed E-state index contributed by atoms with van der Waals surface area (Å²) < 4.78 is 9.72. The molecule has 0 N–H and O–H groups in total. The molecular formula is C14H19N2O+. The number of hydrogen-bond donors (Lipinski definition) is 0. The van der Waals surface area contributed by atoms with Gasteiger partial charge in [-0.15, -0.1) is 4.68 Å². The van der Waals surface area contributed by atoms with Gasteiger partial charge in [0.05, 0.1) is 19.3 Å². The molecule has 0 saturated carbocycles. The quantitative estimate of drug-likeness (QED) is 0.741. The van der Waals surface area contributed by atoms with E-state index in [0.29, 0.717) is 6.61 Å². The van der Waals surface area contributed by atoms with Gasteiger partial charge in [-0.25, -0.2) is 0 Å². The Morgan fingerprint density at radius 2 is 1.88 bits per heavy atom. The second-order valence-electron chi connectivity index (χ2n) is 4.18. The molecule has 90 valence electrons. The number of benzene rings is 1. The fourth-order valence-corrected chi connectivity index (χ4v) is 1.94. The first-order valence-electron chi connectivity index (χ1n) is 5.89. The number of nitrogens with zero attached hydrogens (tertiary/aromatic N) is 2. The molecule has 3 nitrogen and oxygen atoms in total. The van der Waals surface area contributed by atoms with E-state index in [1.54, 1.807) is 0 Å². The normalized spacial score (nSPS) is 10.6. The fraction of sp³-hybridized carbons (Fsp3) is 0.357. The highest BCUT2D eigenvalue weighted by Gasteiger charge is 2.15. The number of hydrogen-bond acceptors (Lipinski definition) is 1. The Bertz CT molecular complexity index is 512. The van der Waals surface area contributed by atoms with E-state index >= 15 is 0 Å². The smallest absolute Gasteiger partial charge is 0.238 e. The van der Waals surface area contributed by atoms with Gasteiger partial charge in [-0.2, -0.15) is 4.68 Å². The van der Waals surface area contributed by atoms with Crippen LogP contribution < -0.4 is 9.42 Å². The largest absolute Gasteiger partial charge is 0.494 e. The fourth-order valence-electron chi connectivity index (χ4n) is 1.94. The van der Waals surface area contributed by atoms with Crippen LogP contribution in [-0.2, 0) is 14.1 Å². The van der Waals surface area contributed by atoms with E-state index in [-0.39, 0.29) is 0 Å². The zero-order valence-electron chi connectivity index (χ0n) is 10.9. The molecule has 17 heavy (non-hydrogen) atoms. The SMILES string of the molecule is CCOc1ccc(-c2cc(C)n(C)[n+]2C)cc1. The summed E-state index contributed by atoms with van der Waals surface area (Å²) >= 11 is 0. The van der Waals surface area contributed by atoms with E-state index in [2.05, 4.69) is 48.6 Å². The Morgan fingerprint density at radius 1 is 1.24 bits per heavy atom. The summed E-state index contributed by atoms with van der Waals surface area (Å²) in [6.45, 7) is 4.81. The maximum atomic E-state index is 5.44. The maximum Gasteiger partial charge on any atom is 0.238 e. The highest BCUT2D eigenvalue weighted by atomic mass is 16.5. The molecule has 0 aliphatic rings. The minimum atomic E-state index is 0.706. The summed E-state index contributed by atoms with van der Waals surface area (Å²) in [4.78, 5) is 0. The lowest BCUT2D eigenvalue weighted by Crippen LogP contribution is -2.39. The van der Waals surface area contributed by atoms with Crippen molar-refractivity contribution in [3.8, 4) is 17.0 Å². The van der Waals surface area contributed by atoms with Crippen LogP contribution in [0, 0.1) is 6.92 Å². The first kappa shape index (κ1) is 11.7. The van der Waals surface area contributed by atoms with Crippen LogP contribution in [0.5, 0.6) is 5.75 Å². The van der Waals surface area contributed by atoms with Crippen molar-refractivity contribution in [2.45, 2.75) is 13.8 Å². The summed E-state index contributed by atoms with van der Waals surface area (Å²) in [6, 6.07) is 10.4. The molecular weight excluding hydrogens is 212 g/mol. The van der Waals surface area contributed by atoms with Crippen LogP contribution >= 0.6 is 0 Å². The lowest BCUT2D eigenvalue weighted by atomic mass is 10.1. The van der Waals surface area contributed by atoms with Gasteiger partial charge in [-0.1, -0.05) is 0 Å². The van der Waals surface area contributed by atoms with Crippen molar-refractivity contribution in [2.75, 3.05) is 6.61 Å². The first-order valence-corrected chi connectivity index (χ1v) is 5.89. The average molecular weight is 231 g/mol. The van der Waals surface area contributed by atoms with Crippen LogP contribution in [0.25, 0.3) is 11.3 Å². The molecule has 0 aliphatic heterocycles. The third-order valence-electron chi connectivity index (χ3n) is 3.12. The zero-order chi connectivity index (χ0) is 12.4. The topological polar surface area (TPSA) is 18.0 Å². The van der Waals surface area contributed by atoms with Crippen molar-refractivity contribution < 1.29 is 9.42 Å². The van der Waals surface area contributed by atoms with Gasteiger partial charge in [0.2, 0.25) is 5.69 Å². The predicted octanol–water partition coefficient (Wildman–Crippen LogP) is 2.22. The Labute approximate surface area is 102 Å². The van der Waals surface area contributed by atoms with Crippen molar-refractivity contribution in [2.24, 2.45) is 14.1 Å². The van der Waals surface area contributed by atoms with E-state index < -0.39 is 0 Å². The van der Waals surface area contributed by atoms with Crippen LogP contribution in [0.15, 0.2) is 30.3 Å². The first-order chi connectivity index (χ1) is 8.13. The van der Waals surface area contributed by atoms with Crippen LogP contribution in [0.1, 0.15) is 12.6 Å². The van der Waals surface area contributed by atoms with E-state index in [9.17, 15) is 0 Å². The molecule has 0 unspecified atom stereocenters. The summed E-state index contributed by atoms with van der Waals surface area (Å²) in [7, 11) is 4.13. The molecule has 2 aromatic rings. The number of rotatable bonds is 3. The van der Waals surface area contributed by atoms with Gasteiger partial charge in [0.1, 0.15) is 5.75 Å². The molecule has 0 amide bonds. The van der Waals surface area contributed by atoms with Crippen LogP contribution in [0.4, 0.5) is 0 Å². The van der Waals surface area contributed by atoms with Crippen LogP contribution in [0.2, 0.25) is 0 Å². The average Bonchev–Trinajstić information content (AvgIpc) is 2.59. The predicted molar refractivity (Wildman–Crippen MR) is 67.9 cm³/mol. The molecule has 2 rings (SSSR count). The summed E-state index contributed by atoms with van der Waals surface area (Å²) in [5, 5.41) is 0. The van der Waals surface area contributed by atoms with Gasteiger partial charge in [0, 0.05) is 11.6 Å². The van der Waals surface area contributed by atoms with Gasteiger partial charge in [0.25, 0.3) is 0 Å². The molecule has 0 saturated heterocycles. The maximum absolute atomic E-state index is 5.44. The summed E-state index contributed by atoms with van der Waals surface area (Å²) in [6.07, 6.45) is 0. The van der Waals surface area contributed by atoms with Crippen molar-refractivity contribution in [1.29, 1.82) is 0 Å². The molecule has 0 spiro atoms. The minimum absolute atomic E-state index is 0.706. The summed E-state index contributed by atoms with van der Waals surface area (Å²) in [5.41, 5.74) is 3.67. The third kappa shape index (κ3) is 2.18. The van der Waals surface area contributed by atoms with Gasteiger partial charge in [-0.3, -0.25) is 0 Å². The Morgan fingerprint density at radius 3 is 2.35 bits per heavy atom. The Kier molecular flexibility index (Phi) is 3.18. The molecule has 0 bridgehead atoms. The second kappa shape index (κ2) is 4.62. The van der Waals surface area contributed by atoms with E-state index in [1.807, 2.05) is 19.1 Å². The number of ether oxygens (including phenoxy) is 1. The van der Waals surface area contributed by atoms with Gasteiger partial charge < -0.3 is 4.74 Å². The standard InChI is InChI=1S/C14H19N2O/c1-5-17-13-8-6-12(7-9-13)14-10-11(2)15(3)16(14)4/h6-10H,5H2,1-4H3/q+1. The number of aryl methyl sites for hydroxylation is 1. The molecule has 0 fully saturated rings. The van der Waals surface area contributed by atoms with E-state index in [4.69, 9.17) is 4.74 Å². The van der Waals surface area contributed by atoms with E-state index in [0.717, 1.165) is 5.75 Å². The molecule has 0 atom stereocenters. The van der Waals surface area contributed by atoms with Crippen LogP contribution in [-0.4, -0.2) is 11.3 Å². The molecule has 0 radical (unpaired) electrons. The van der Waals surface area contributed by atoms with E-state index in [1.165, 1.54) is 17.0 Å². The van der Waals surface area contributed by atoms with Crippen molar-refractivity contribution >= 4 is 0 Å². The molecule has 3 heteroatoms. The third-order valence-corrected chi connectivity index (χ3v) is 3.12. The van der Waals surface area contributed by atoms with Gasteiger partial charge in [0.15, 0.2) is 7.05 Å². The van der Waals surface area contributed by atoms with Gasteiger partial charge in [-0.05, 0) is 38.1 Å².